The highest BCUT2D eigenvalue weighted by atomic mass is 32.2. The molecule has 1 aromatic heterocycles. The third kappa shape index (κ3) is 5.75. The molecule has 0 bridgehead atoms. The first-order valence-corrected chi connectivity index (χ1v) is 11.5. The highest BCUT2D eigenvalue weighted by molar-refractivity contribution is 7.99. The number of non-ortho nitro benzene ring substituents is 1. The number of benzene rings is 2. The minimum atomic E-state index is -0.459. The normalized spacial score (nSPS) is 14.2. The lowest BCUT2D eigenvalue weighted by Crippen LogP contribution is -2.36. The van der Waals surface area contributed by atoms with E-state index in [2.05, 4.69) is 20.4 Å². The largest absolute Gasteiger partial charge is 0.379 e. The number of nitro benzene ring substituents is 1. The Morgan fingerprint density at radius 1 is 1.18 bits per heavy atom. The minimum absolute atomic E-state index is 0.0105. The zero-order valence-electron chi connectivity index (χ0n) is 18.1. The number of aryl methyl sites for hydroxylation is 1. The van der Waals surface area contributed by atoms with Gasteiger partial charge in [-0.05, 0) is 30.7 Å². The van der Waals surface area contributed by atoms with Crippen LogP contribution in [0.25, 0.3) is 5.69 Å². The van der Waals surface area contributed by atoms with Crippen molar-refractivity contribution in [1.82, 2.24) is 19.7 Å². The number of para-hydroxylation sites is 1. The van der Waals surface area contributed by atoms with Crippen LogP contribution in [0.2, 0.25) is 0 Å². The van der Waals surface area contributed by atoms with Crippen molar-refractivity contribution in [3.63, 3.8) is 0 Å². The summed E-state index contributed by atoms with van der Waals surface area (Å²) in [6.45, 7) is 5.43. The molecule has 33 heavy (non-hydrogen) atoms. The summed E-state index contributed by atoms with van der Waals surface area (Å²) < 4.78 is 7.41. The Morgan fingerprint density at radius 2 is 1.94 bits per heavy atom. The molecule has 172 valence electrons. The quantitative estimate of drug-likeness (QED) is 0.305. The first-order chi connectivity index (χ1) is 16.0. The molecular formula is C22H24N6O4S. The van der Waals surface area contributed by atoms with Crippen LogP contribution in [-0.4, -0.2) is 62.6 Å². The zero-order chi connectivity index (χ0) is 23.2. The van der Waals surface area contributed by atoms with Crippen LogP contribution in [-0.2, 0) is 16.1 Å². The molecule has 0 saturated carbocycles. The van der Waals surface area contributed by atoms with Gasteiger partial charge in [0.15, 0.2) is 11.0 Å². The van der Waals surface area contributed by atoms with Gasteiger partial charge in [0, 0.05) is 36.6 Å². The number of nitro groups is 1. The van der Waals surface area contributed by atoms with Crippen LogP contribution < -0.4 is 5.32 Å². The van der Waals surface area contributed by atoms with E-state index < -0.39 is 4.92 Å². The molecule has 1 amide bonds. The molecule has 0 radical (unpaired) electrons. The van der Waals surface area contributed by atoms with Crippen LogP contribution in [0.15, 0.2) is 53.7 Å². The standard InChI is InChI=1S/C22H24N6O4S/c1-16-13-18(28(30)31)7-8-19(16)23-21(29)15-33-22-25-24-20(14-26-9-11-32-12-10-26)27(22)17-5-3-2-4-6-17/h2-8,13H,9-12,14-15H2,1H3,(H,23,29). The lowest BCUT2D eigenvalue weighted by atomic mass is 10.2. The molecule has 1 saturated heterocycles. The molecule has 0 spiro atoms. The Balaban J connectivity index is 1.47. The number of carbonyl (C=O) groups is 1. The molecule has 0 unspecified atom stereocenters. The van der Waals surface area contributed by atoms with Crippen LogP contribution in [0.4, 0.5) is 11.4 Å². The van der Waals surface area contributed by atoms with Gasteiger partial charge in [-0.1, -0.05) is 30.0 Å². The molecule has 4 rings (SSSR count). The third-order valence-electron chi connectivity index (χ3n) is 5.21. The Kier molecular flexibility index (Phi) is 7.33. The molecule has 0 aliphatic carbocycles. The fourth-order valence-electron chi connectivity index (χ4n) is 3.51. The molecule has 3 aromatic rings. The molecule has 2 heterocycles. The average Bonchev–Trinajstić information content (AvgIpc) is 3.22. The summed E-state index contributed by atoms with van der Waals surface area (Å²) in [5.74, 6) is 0.699. The van der Waals surface area contributed by atoms with Crippen LogP contribution in [0.3, 0.4) is 0 Å². The number of ether oxygens (including phenoxy) is 1. The first-order valence-electron chi connectivity index (χ1n) is 10.5. The van der Waals surface area contributed by atoms with Crippen LogP contribution >= 0.6 is 11.8 Å². The lowest BCUT2D eigenvalue weighted by molar-refractivity contribution is -0.384. The van der Waals surface area contributed by atoms with Crippen LogP contribution in [0, 0.1) is 17.0 Å². The van der Waals surface area contributed by atoms with Gasteiger partial charge >= 0.3 is 0 Å². The summed E-state index contributed by atoms with van der Waals surface area (Å²) in [5, 5.41) is 23.1. The summed E-state index contributed by atoms with van der Waals surface area (Å²) >= 11 is 1.29. The van der Waals surface area contributed by atoms with Crippen molar-refractivity contribution >= 4 is 29.0 Å². The Labute approximate surface area is 195 Å². The second-order valence-corrected chi connectivity index (χ2v) is 8.49. The molecule has 2 aromatic carbocycles. The monoisotopic (exact) mass is 468 g/mol. The van der Waals surface area contributed by atoms with Crippen molar-refractivity contribution < 1.29 is 14.5 Å². The molecule has 10 nitrogen and oxygen atoms in total. The number of nitrogens with zero attached hydrogens (tertiary/aromatic N) is 5. The highest BCUT2D eigenvalue weighted by Crippen LogP contribution is 2.25. The molecule has 11 heteroatoms. The van der Waals surface area contributed by atoms with Gasteiger partial charge in [0.2, 0.25) is 5.91 Å². The molecule has 1 aliphatic rings. The number of aromatic nitrogens is 3. The van der Waals surface area contributed by atoms with Gasteiger partial charge in [0.25, 0.3) is 5.69 Å². The van der Waals surface area contributed by atoms with Crippen molar-refractivity contribution in [1.29, 1.82) is 0 Å². The first kappa shape index (κ1) is 22.9. The predicted octanol–water partition coefficient (Wildman–Crippen LogP) is 3.05. The van der Waals surface area contributed by atoms with Crippen molar-refractivity contribution in [3.05, 3.63) is 70.0 Å². The lowest BCUT2D eigenvalue weighted by Gasteiger charge is -2.26. The van der Waals surface area contributed by atoms with E-state index in [4.69, 9.17) is 4.74 Å². The Bertz CT molecular complexity index is 1130. The number of amides is 1. The maximum absolute atomic E-state index is 12.6. The van der Waals surface area contributed by atoms with E-state index in [0.717, 1.165) is 24.6 Å². The third-order valence-corrected chi connectivity index (χ3v) is 6.14. The maximum atomic E-state index is 12.6. The summed E-state index contributed by atoms with van der Waals surface area (Å²) in [7, 11) is 0. The number of morpholine rings is 1. The van der Waals surface area contributed by atoms with Crippen molar-refractivity contribution in [2.45, 2.75) is 18.6 Å². The van der Waals surface area contributed by atoms with E-state index >= 15 is 0 Å². The number of nitrogens with one attached hydrogen (secondary N) is 1. The number of hydrogen-bond acceptors (Lipinski definition) is 8. The van der Waals surface area contributed by atoms with E-state index in [1.54, 1.807) is 13.0 Å². The molecule has 1 aliphatic heterocycles. The zero-order valence-corrected chi connectivity index (χ0v) is 19.0. The number of carbonyl (C=O) groups excluding carboxylic acids is 1. The van der Waals surface area contributed by atoms with Gasteiger partial charge in [-0.3, -0.25) is 24.4 Å². The fourth-order valence-corrected chi connectivity index (χ4v) is 4.28. The van der Waals surface area contributed by atoms with E-state index in [9.17, 15) is 14.9 Å². The fraction of sp³-hybridized carbons (Fsp3) is 0.318. The van der Waals surface area contributed by atoms with Crippen LogP contribution in [0.5, 0.6) is 0 Å². The predicted molar refractivity (Wildman–Crippen MR) is 125 cm³/mol. The smallest absolute Gasteiger partial charge is 0.269 e. The Hall–Kier alpha value is -3.28. The van der Waals surface area contributed by atoms with E-state index in [-0.39, 0.29) is 17.3 Å². The highest BCUT2D eigenvalue weighted by Gasteiger charge is 2.20. The second-order valence-electron chi connectivity index (χ2n) is 7.55. The maximum Gasteiger partial charge on any atom is 0.269 e. The number of anilines is 1. The molecule has 1 fully saturated rings. The summed E-state index contributed by atoms with van der Waals surface area (Å²) in [5.41, 5.74) is 2.09. The number of thioether (sulfide) groups is 1. The number of hydrogen-bond donors (Lipinski definition) is 1. The molecule has 0 atom stereocenters. The van der Waals surface area contributed by atoms with E-state index in [1.165, 1.54) is 23.9 Å². The minimum Gasteiger partial charge on any atom is -0.379 e. The molecular weight excluding hydrogens is 444 g/mol. The average molecular weight is 469 g/mol. The van der Waals surface area contributed by atoms with E-state index in [1.807, 2.05) is 34.9 Å². The molecule has 1 N–H and O–H groups in total. The van der Waals surface area contributed by atoms with Gasteiger partial charge in [-0.2, -0.15) is 0 Å². The van der Waals surface area contributed by atoms with E-state index in [0.29, 0.717) is 36.2 Å². The number of rotatable bonds is 8. The summed E-state index contributed by atoms with van der Waals surface area (Å²) in [6.07, 6.45) is 0. The van der Waals surface area contributed by atoms with Crippen molar-refractivity contribution in [2.24, 2.45) is 0 Å². The van der Waals surface area contributed by atoms with Crippen LogP contribution in [0.1, 0.15) is 11.4 Å². The summed E-state index contributed by atoms with van der Waals surface area (Å²) in [6, 6.07) is 14.2. The SMILES string of the molecule is Cc1cc([N+](=O)[O-])ccc1NC(=O)CSc1nnc(CN2CCOCC2)n1-c1ccccc1. The second kappa shape index (κ2) is 10.6. The van der Waals surface area contributed by atoms with Gasteiger partial charge in [-0.15, -0.1) is 10.2 Å². The Morgan fingerprint density at radius 3 is 2.64 bits per heavy atom. The van der Waals surface area contributed by atoms with Gasteiger partial charge in [0.1, 0.15) is 0 Å². The topological polar surface area (TPSA) is 115 Å². The van der Waals surface area contributed by atoms with Crippen molar-refractivity contribution in [3.8, 4) is 5.69 Å². The van der Waals surface area contributed by atoms with Gasteiger partial charge < -0.3 is 10.1 Å². The summed E-state index contributed by atoms with van der Waals surface area (Å²) in [4.78, 5) is 25.3. The van der Waals surface area contributed by atoms with Gasteiger partial charge in [-0.25, -0.2) is 0 Å². The van der Waals surface area contributed by atoms with Gasteiger partial charge in [0.05, 0.1) is 30.4 Å². The van der Waals surface area contributed by atoms with Crippen molar-refractivity contribution in [2.75, 3.05) is 37.4 Å².